The minimum absolute atomic E-state index is 0.633. The predicted octanol–water partition coefficient (Wildman–Crippen LogP) is 3.24. The van der Waals surface area contributed by atoms with Gasteiger partial charge in [0.1, 0.15) is 5.00 Å². The summed E-state index contributed by atoms with van der Waals surface area (Å²) in [4.78, 5) is 2.72. The van der Waals surface area contributed by atoms with Gasteiger partial charge in [0.05, 0.1) is 5.52 Å². The number of azide groups is 1. The van der Waals surface area contributed by atoms with E-state index in [4.69, 9.17) is 5.53 Å². The number of nitrogens with zero attached hydrogens (tertiary/aromatic N) is 4. The van der Waals surface area contributed by atoms with Crippen molar-refractivity contribution in [2.45, 2.75) is 0 Å². The van der Waals surface area contributed by atoms with Crippen LogP contribution in [-0.2, 0) is 0 Å². The molecule has 0 aliphatic rings. The van der Waals surface area contributed by atoms with Crippen LogP contribution in [0, 0.1) is 0 Å². The average Bonchev–Trinajstić information content (AvgIpc) is 2.50. The van der Waals surface area contributed by atoms with Gasteiger partial charge < -0.3 is 0 Å². The summed E-state index contributed by atoms with van der Waals surface area (Å²) in [7, 11) is 0. The van der Waals surface area contributed by atoms with Gasteiger partial charge >= 0.3 is 0 Å². The van der Waals surface area contributed by atoms with Crippen molar-refractivity contribution in [3.63, 3.8) is 0 Å². The van der Waals surface area contributed by atoms with Gasteiger partial charge in [0.15, 0.2) is 0 Å². The lowest BCUT2D eigenvalue weighted by atomic mass is 10.2. The molecule has 0 bridgehead atoms. The molecule has 0 fully saturated rings. The average molecular weight is 176 g/mol. The van der Waals surface area contributed by atoms with Gasteiger partial charge in [-0.25, -0.2) is 0 Å². The Morgan fingerprint density at radius 1 is 1.42 bits per heavy atom. The summed E-state index contributed by atoms with van der Waals surface area (Å²) in [5.74, 6) is 0. The highest BCUT2D eigenvalue weighted by Crippen LogP contribution is 2.29. The van der Waals surface area contributed by atoms with E-state index in [0.717, 1.165) is 10.9 Å². The molecule has 1 aromatic heterocycles. The van der Waals surface area contributed by atoms with E-state index < -0.39 is 0 Å². The van der Waals surface area contributed by atoms with Crippen LogP contribution in [0.25, 0.3) is 21.3 Å². The van der Waals surface area contributed by atoms with Crippen LogP contribution < -0.4 is 0 Å². The fraction of sp³-hybridized carbons (Fsp3) is 0. The standard InChI is InChI=1S/C7H4N4S/c8-11-9-7-5-3-1-2-4-6(5)10-12-7/h1-4H. The summed E-state index contributed by atoms with van der Waals surface area (Å²) in [6, 6.07) is 7.58. The summed E-state index contributed by atoms with van der Waals surface area (Å²) in [5.41, 5.74) is 9.11. The Kier molecular flexibility index (Phi) is 1.66. The molecule has 1 heterocycles. The van der Waals surface area contributed by atoms with Crippen molar-refractivity contribution in [1.29, 1.82) is 0 Å². The Morgan fingerprint density at radius 3 is 3.08 bits per heavy atom. The summed E-state index contributed by atoms with van der Waals surface area (Å²) in [5, 5.41) is 5.08. The maximum absolute atomic E-state index is 8.23. The predicted molar refractivity (Wildman–Crippen MR) is 48.4 cm³/mol. The summed E-state index contributed by atoms with van der Waals surface area (Å²) < 4.78 is 4.11. The molecule has 0 radical (unpaired) electrons. The zero-order valence-corrected chi connectivity index (χ0v) is 6.82. The smallest absolute Gasteiger partial charge is 0.119 e. The molecule has 0 aliphatic carbocycles. The van der Waals surface area contributed by atoms with Crippen LogP contribution in [0.5, 0.6) is 0 Å². The third kappa shape index (κ3) is 1.01. The molecule has 5 heteroatoms. The molecule has 58 valence electrons. The molecule has 0 aliphatic heterocycles. The fourth-order valence-corrected chi connectivity index (χ4v) is 1.68. The maximum Gasteiger partial charge on any atom is 0.119 e. The Bertz CT molecular complexity index is 455. The zero-order chi connectivity index (χ0) is 8.39. The highest BCUT2D eigenvalue weighted by atomic mass is 32.1. The maximum atomic E-state index is 8.23. The second kappa shape index (κ2) is 2.81. The third-order valence-corrected chi connectivity index (χ3v) is 2.26. The van der Waals surface area contributed by atoms with Gasteiger partial charge in [-0.1, -0.05) is 18.2 Å². The minimum Gasteiger partial charge on any atom is -0.192 e. The molecular weight excluding hydrogens is 172 g/mol. The first-order valence-corrected chi connectivity index (χ1v) is 4.08. The largest absolute Gasteiger partial charge is 0.192 e. The van der Waals surface area contributed by atoms with Crippen LogP contribution in [0.1, 0.15) is 0 Å². The van der Waals surface area contributed by atoms with E-state index in [1.807, 2.05) is 24.3 Å². The number of aromatic nitrogens is 1. The zero-order valence-electron chi connectivity index (χ0n) is 6.01. The molecular formula is C7H4N4S. The van der Waals surface area contributed by atoms with Crippen molar-refractivity contribution in [2.24, 2.45) is 5.11 Å². The first kappa shape index (κ1) is 7.09. The normalized spacial score (nSPS) is 9.67. The number of benzene rings is 1. The molecule has 1 aromatic carbocycles. The Balaban J connectivity index is 2.78. The second-order valence-corrected chi connectivity index (χ2v) is 2.95. The summed E-state index contributed by atoms with van der Waals surface area (Å²) in [6.07, 6.45) is 0. The molecule has 0 N–H and O–H groups in total. The molecule has 2 rings (SSSR count). The lowest BCUT2D eigenvalue weighted by Crippen LogP contribution is -1.62. The van der Waals surface area contributed by atoms with Crippen molar-refractivity contribution in [3.05, 3.63) is 34.7 Å². The minimum atomic E-state index is 0.633. The third-order valence-electron chi connectivity index (χ3n) is 1.50. The van der Waals surface area contributed by atoms with Gasteiger partial charge in [0.25, 0.3) is 0 Å². The van der Waals surface area contributed by atoms with E-state index in [9.17, 15) is 0 Å². The van der Waals surface area contributed by atoms with Crippen molar-refractivity contribution in [3.8, 4) is 0 Å². The lowest BCUT2D eigenvalue weighted by Gasteiger charge is -1.84. The van der Waals surface area contributed by atoms with Crippen molar-refractivity contribution >= 4 is 27.4 Å². The first-order chi connectivity index (χ1) is 5.92. The lowest BCUT2D eigenvalue weighted by molar-refractivity contribution is 1.59. The monoisotopic (exact) mass is 176 g/mol. The van der Waals surface area contributed by atoms with E-state index in [1.165, 1.54) is 11.5 Å². The van der Waals surface area contributed by atoms with Gasteiger partial charge in [0.2, 0.25) is 0 Å². The van der Waals surface area contributed by atoms with E-state index in [0.29, 0.717) is 5.00 Å². The van der Waals surface area contributed by atoms with Crippen LogP contribution in [0.4, 0.5) is 5.00 Å². The second-order valence-electron chi connectivity index (χ2n) is 2.19. The van der Waals surface area contributed by atoms with Crippen LogP contribution >= 0.6 is 11.5 Å². The van der Waals surface area contributed by atoms with Gasteiger partial charge in [0, 0.05) is 10.3 Å². The summed E-state index contributed by atoms with van der Waals surface area (Å²) in [6.45, 7) is 0. The molecule has 0 unspecified atom stereocenters. The Morgan fingerprint density at radius 2 is 2.25 bits per heavy atom. The van der Waals surface area contributed by atoms with E-state index in [1.54, 1.807) is 0 Å². The van der Waals surface area contributed by atoms with Gasteiger partial charge in [-0.05, 0) is 28.2 Å². The van der Waals surface area contributed by atoms with Crippen LogP contribution in [-0.4, -0.2) is 4.37 Å². The number of hydrogen-bond acceptors (Lipinski definition) is 3. The highest BCUT2D eigenvalue weighted by Gasteiger charge is 2.01. The topological polar surface area (TPSA) is 61.7 Å². The Labute approximate surface area is 72.2 Å². The van der Waals surface area contributed by atoms with E-state index in [2.05, 4.69) is 14.4 Å². The molecule has 0 atom stereocenters. The van der Waals surface area contributed by atoms with Crippen molar-refractivity contribution in [1.82, 2.24) is 4.37 Å². The fourth-order valence-electron chi connectivity index (χ4n) is 0.988. The Hall–Kier alpha value is -1.58. The molecule has 0 saturated heterocycles. The number of hydrogen-bond donors (Lipinski definition) is 0. The molecule has 2 aromatic rings. The van der Waals surface area contributed by atoms with Gasteiger partial charge in [-0.3, -0.25) is 0 Å². The quantitative estimate of drug-likeness (QED) is 0.373. The number of fused-ring (bicyclic) bond motifs is 1. The molecule has 0 spiro atoms. The molecule has 0 saturated carbocycles. The summed E-state index contributed by atoms with van der Waals surface area (Å²) >= 11 is 1.22. The van der Waals surface area contributed by atoms with E-state index in [-0.39, 0.29) is 0 Å². The first-order valence-electron chi connectivity index (χ1n) is 3.31. The van der Waals surface area contributed by atoms with Crippen LogP contribution in [0.2, 0.25) is 0 Å². The van der Waals surface area contributed by atoms with Crippen LogP contribution in [0.3, 0.4) is 0 Å². The number of rotatable bonds is 1. The van der Waals surface area contributed by atoms with E-state index >= 15 is 0 Å². The molecule has 0 amide bonds. The van der Waals surface area contributed by atoms with Crippen molar-refractivity contribution in [2.75, 3.05) is 0 Å². The van der Waals surface area contributed by atoms with Crippen LogP contribution in [0.15, 0.2) is 29.4 Å². The molecule has 4 nitrogen and oxygen atoms in total. The highest BCUT2D eigenvalue weighted by molar-refractivity contribution is 7.11. The molecule has 12 heavy (non-hydrogen) atoms. The van der Waals surface area contributed by atoms with Gasteiger partial charge in [-0.15, -0.1) is 0 Å². The SMILES string of the molecule is [N-]=[N+]=Nc1snc2ccccc12. The van der Waals surface area contributed by atoms with Crippen molar-refractivity contribution < 1.29 is 0 Å². The van der Waals surface area contributed by atoms with Gasteiger partial charge in [-0.2, -0.15) is 4.37 Å².